The van der Waals surface area contributed by atoms with Gasteiger partial charge < -0.3 is 10.6 Å². The van der Waals surface area contributed by atoms with Crippen molar-refractivity contribution in [2.45, 2.75) is 33.3 Å². The van der Waals surface area contributed by atoms with Crippen molar-refractivity contribution < 1.29 is 19.3 Å². The maximum atomic E-state index is 14.2. The van der Waals surface area contributed by atoms with Crippen LogP contribution in [0.15, 0.2) is 148 Å². The first-order chi connectivity index (χ1) is 23.8. The van der Waals surface area contributed by atoms with Crippen LogP contribution in [0.5, 0.6) is 0 Å². The molecular weight excluding hydrogens is 657 g/mol. The summed E-state index contributed by atoms with van der Waals surface area (Å²) in [6.07, 6.45) is 2.03. The molecule has 1 atom stereocenters. The van der Waals surface area contributed by atoms with Crippen molar-refractivity contribution in [3.05, 3.63) is 154 Å². The fourth-order valence-electron chi connectivity index (χ4n) is 5.21. The first-order valence-electron chi connectivity index (χ1n) is 15.4. The molecule has 244 valence electrons. The van der Waals surface area contributed by atoms with E-state index in [9.17, 15) is 24.5 Å². The van der Waals surface area contributed by atoms with E-state index in [4.69, 9.17) is 0 Å². The molecule has 0 aliphatic carbocycles. The lowest BCUT2D eigenvalue weighted by atomic mass is 10.1. The number of anilines is 3. The third-order valence-corrected chi connectivity index (χ3v) is 10.1. The highest BCUT2D eigenvalue weighted by molar-refractivity contribution is 8.00. The first kappa shape index (κ1) is 33.3. The third kappa shape index (κ3) is 7.75. The molecule has 3 amide bonds. The number of para-hydroxylation sites is 2. The van der Waals surface area contributed by atoms with Crippen LogP contribution >= 0.6 is 23.5 Å². The Balaban J connectivity index is 1.23. The lowest BCUT2D eigenvalue weighted by molar-refractivity contribution is -0.384. The molecule has 0 fully saturated rings. The van der Waals surface area contributed by atoms with E-state index in [0.717, 1.165) is 26.1 Å². The standard InChI is InChI=1S/C38H30N4O5S2/c1-2-33(38(45)41-31-15-6-8-17-34(31)49-35-18-9-7-16-32(35)41)48-29-14-10-13-27(24-29)39-37(44)30(40-36(43)26-11-4-3-5-12-26)23-25-19-21-28(22-20-25)42(46)47/h3-24,33H,2H2,1H3,(H,39,44)(H,40,43)/b30-23+. The van der Waals surface area contributed by atoms with Gasteiger partial charge in [-0.25, -0.2) is 0 Å². The summed E-state index contributed by atoms with van der Waals surface area (Å²) in [7, 11) is 0. The van der Waals surface area contributed by atoms with Crippen LogP contribution in [-0.2, 0) is 9.59 Å². The Morgan fingerprint density at radius 1 is 0.837 bits per heavy atom. The molecule has 0 saturated carbocycles. The van der Waals surface area contributed by atoms with Crippen LogP contribution in [0.25, 0.3) is 6.08 Å². The fourth-order valence-corrected chi connectivity index (χ4v) is 7.32. The van der Waals surface area contributed by atoms with Gasteiger partial charge in [-0.05, 0) is 84.8 Å². The van der Waals surface area contributed by atoms with Crippen LogP contribution < -0.4 is 15.5 Å². The zero-order valence-corrected chi connectivity index (χ0v) is 27.9. The van der Waals surface area contributed by atoms with Crippen LogP contribution in [0.1, 0.15) is 29.3 Å². The number of hydrogen-bond acceptors (Lipinski definition) is 7. The van der Waals surface area contributed by atoms with E-state index in [2.05, 4.69) is 10.6 Å². The predicted molar refractivity (Wildman–Crippen MR) is 194 cm³/mol. The number of hydrogen-bond donors (Lipinski definition) is 2. The number of nitrogens with zero attached hydrogens (tertiary/aromatic N) is 2. The molecule has 2 N–H and O–H groups in total. The van der Waals surface area contributed by atoms with Crippen molar-refractivity contribution in [2.24, 2.45) is 0 Å². The highest BCUT2D eigenvalue weighted by atomic mass is 32.2. The molecule has 6 rings (SSSR count). The van der Waals surface area contributed by atoms with Gasteiger partial charge in [-0.15, -0.1) is 11.8 Å². The normalized spacial score (nSPS) is 12.7. The SMILES string of the molecule is CCC(Sc1cccc(NC(=O)/C(=C\c2ccc([N+](=O)[O-])cc2)NC(=O)c2ccccc2)c1)C(=O)N1c2ccccc2Sc2ccccc21. The number of carbonyl (C=O) groups excluding carboxylic acids is 3. The molecule has 1 aliphatic rings. The summed E-state index contributed by atoms with van der Waals surface area (Å²) in [5, 5.41) is 16.2. The maximum absolute atomic E-state index is 14.2. The molecule has 5 aromatic carbocycles. The molecule has 1 aliphatic heterocycles. The van der Waals surface area contributed by atoms with Crippen molar-refractivity contribution in [1.82, 2.24) is 5.32 Å². The quantitative estimate of drug-likeness (QED) is 0.0652. The van der Waals surface area contributed by atoms with Crippen LogP contribution in [-0.4, -0.2) is 27.9 Å². The van der Waals surface area contributed by atoms with E-state index in [-0.39, 0.29) is 17.3 Å². The summed E-state index contributed by atoms with van der Waals surface area (Å²) in [6, 6.07) is 37.0. The van der Waals surface area contributed by atoms with E-state index >= 15 is 0 Å². The first-order valence-corrected chi connectivity index (χ1v) is 17.1. The van der Waals surface area contributed by atoms with Gasteiger partial charge in [0.2, 0.25) is 5.91 Å². The average Bonchev–Trinajstić information content (AvgIpc) is 3.13. The fraction of sp³-hybridized carbons (Fsp3) is 0.0789. The summed E-state index contributed by atoms with van der Waals surface area (Å²) in [5.74, 6) is -1.12. The zero-order chi connectivity index (χ0) is 34.3. The summed E-state index contributed by atoms with van der Waals surface area (Å²) in [5.41, 5.74) is 2.85. The summed E-state index contributed by atoms with van der Waals surface area (Å²) in [4.78, 5) is 56.1. The van der Waals surface area contributed by atoms with E-state index in [1.807, 2.05) is 61.5 Å². The topological polar surface area (TPSA) is 122 Å². The molecule has 1 heterocycles. The van der Waals surface area contributed by atoms with Crippen LogP contribution in [0.2, 0.25) is 0 Å². The number of non-ortho nitro benzene ring substituents is 1. The number of nitro groups is 1. The molecule has 0 radical (unpaired) electrons. The molecule has 49 heavy (non-hydrogen) atoms. The second-order valence-electron chi connectivity index (χ2n) is 10.9. The molecule has 0 spiro atoms. The van der Waals surface area contributed by atoms with Crippen molar-refractivity contribution in [1.29, 1.82) is 0 Å². The van der Waals surface area contributed by atoms with Crippen molar-refractivity contribution in [2.75, 3.05) is 10.2 Å². The molecular formula is C38H30N4O5S2. The number of nitro benzene ring substituents is 1. The minimum absolute atomic E-state index is 0.0425. The summed E-state index contributed by atoms with van der Waals surface area (Å²) < 4.78 is 0. The molecule has 5 aromatic rings. The average molecular weight is 687 g/mol. The van der Waals surface area contributed by atoms with E-state index < -0.39 is 22.0 Å². The molecule has 0 bridgehead atoms. The van der Waals surface area contributed by atoms with Crippen LogP contribution in [0.4, 0.5) is 22.7 Å². The van der Waals surface area contributed by atoms with Crippen molar-refractivity contribution >= 4 is 70.1 Å². The summed E-state index contributed by atoms with van der Waals surface area (Å²) in [6.45, 7) is 1.97. The number of carbonyl (C=O) groups is 3. The van der Waals surface area contributed by atoms with Crippen molar-refractivity contribution in [3.63, 3.8) is 0 Å². The van der Waals surface area contributed by atoms with E-state index in [1.165, 1.54) is 42.1 Å². The second kappa shape index (κ2) is 15.1. The Morgan fingerprint density at radius 3 is 2.10 bits per heavy atom. The molecule has 11 heteroatoms. The Bertz CT molecular complexity index is 2020. The number of benzene rings is 5. The molecule has 9 nitrogen and oxygen atoms in total. The Morgan fingerprint density at radius 2 is 1.47 bits per heavy atom. The predicted octanol–water partition coefficient (Wildman–Crippen LogP) is 8.70. The van der Waals surface area contributed by atoms with Gasteiger partial charge >= 0.3 is 0 Å². The Labute approximate surface area is 291 Å². The van der Waals surface area contributed by atoms with Gasteiger partial charge in [-0.2, -0.15) is 0 Å². The second-order valence-corrected chi connectivity index (χ2v) is 13.3. The van der Waals surface area contributed by atoms with Crippen LogP contribution in [0, 0.1) is 10.1 Å². The van der Waals surface area contributed by atoms with Crippen LogP contribution in [0.3, 0.4) is 0 Å². The van der Waals surface area contributed by atoms with E-state index in [0.29, 0.717) is 23.2 Å². The number of rotatable bonds is 10. The van der Waals surface area contributed by atoms with Gasteiger partial charge in [0.25, 0.3) is 17.5 Å². The smallest absolute Gasteiger partial charge is 0.272 e. The minimum atomic E-state index is -0.591. The Kier molecular flexibility index (Phi) is 10.2. The van der Waals surface area contributed by atoms with Gasteiger partial charge in [0.15, 0.2) is 0 Å². The largest absolute Gasteiger partial charge is 0.321 e. The minimum Gasteiger partial charge on any atom is -0.321 e. The lowest BCUT2D eigenvalue weighted by Gasteiger charge is -2.33. The zero-order valence-electron chi connectivity index (χ0n) is 26.2. The third-order valence-electron chi connectivity index (χ3n) is 7.61. The van der Waals surface area contributed by atoms with Crippen molar-refractivity contribution in [3.8, 4) is 0 Å². The highest BCUT2D eigenvalue weighted by Crippen LogP contribution is 2.49. The number of nitrogens with one attached hydrogen (secondary N) is 2. The number of amides is 3. The number of fused-ring (bicyclic) bond motifs is 2. The summed E-state index contributed by atoms with van der Waals surface area (Å²) >= 11 is 3.06. The van der Waals surface area contributed by atoms with Gasteiger partial charge in [0, 0.05) is 38.1 Å². The lowest BCUT2D eigenvalue weighted by Crippen LogP contribution is -2.35. The van der Waals surface area contributed by atoms with Gasteiger partial charge in [0.1, 0.15) is 5.70 Å². The van der Waals surface area contributed by atoms with Gasteiger partial charge in [-0.3, -0.25) is 29.4 Å². The molecule has 0 saturated heterocycles. The Hall–Kier alpha value is -5.65. The molecule has 0 aromatic heterocycles. The monoisotopic (exact) mass is 686 g/mol. The molecule has 1 unspecified atom stereocenters. The maximum Gasteiger partial charge on any atom is 0.272 e. The van der Waals surface area contributed by atoms with Gasteiger partial charge in [0.05, 0.1) is 21.5 Å². The number of thioether (sulfide) groups is 1. The van der Waals surface area contributed by atoms with Gasteiger partial charge in [-0.1, -0.05) is 67.2 Å². The van der Waals surface area contributed by atoms with E-state index in [1.54, 1.807) is 65.2 Å². The highest BCUT2D eigenvalue weighted by Gasteiger charge is 2.32.